The summed E-state index contributed by atoms with van der Waals surface area (Å²) in [6.45, 7) is 4.01. The summed E-state index contributed by atoms with van der Waals surface area (Å²) in [6.07, 6.45) is 0.959. The quantitative estimate of drug-likeness (QED) is 0.573. The molecular formula is C19H27N3O4. The number of carbonyl (C=O) groups is 3. The molecule has 1 aliphatic heterocycles. The van der Waals surface area contributed by atoms with E-state index in [1.807, 2.05) is 44.2 Å². The lowest BCUT2D eigenvalue weighted by molar-refractivity contribution is -0.127. The van der Waals surface area contributed by atoms with Crippen LogP contribution in [0.25, 0.3) is 0 Å². The molecule has 1 saturated heterocycles. The lowest BCUT2D eigenvalue weighted by Gasteiger charge is -2.20. The zero-order chi connectivity index (χ0) is 19.1. The summed E-state index contributed by atoms with van der Waals surface area (Å²) in [5, 5.41) is 14.6. The molecule has 4 amide bonds. The minimum absolute atomic E-state index is 0.116. The Balaban J connectivity index is 1.81. The third kappa shape index (κ3) is 5.29. The number of urea groups is 1. The van der Waals surface area contributed by atoms with Gasteiger partial charge in [-0.25, -0.2) is 4.79 Å². The molecule has 1 fully saturated rings. The maximum absolute atomic E-state index is 12.4. The van der Waals surface area contributed by atoms with Crippen molar-refractivity contribution in [1.82, 2.24) is 15.5 Å². The Hall–Kier alpha value is -2.41. The van der Waals surface area contributed by atoms with Crippen molar-refractivity contribution in [2.24, 2.45) is 5.92 Å². The number of aliphatic hydroxyl groups is 1. The van der Waals surface area contributed by atoms with Crippen LogP contribution in [0.2, 0.25) is 0 Å². The summed E-state index contributed by atoms with van der Waals surface area (Å²) in [4.78, 5) is 37.6. The Morgan fingerprint density at radius 2 is 1.96 bits per heavy atom. The average Bonchev–Trinajstić information content (AvgIpc) is 2.90. The van der Waals surface area contributed by atoms with E-state index >= 15 is 0 Å². The van der Waals surface area contributed by atoms with Gasteiger partial charge in [-0.3, -0.25) is 14.5 Å². The van der Waals surface area contributed by atoms with E-state index in [1.54, 1.807) is 0 Å². The summed E-state index contributed by atoms with van der Waals surface area (Å²) >= 11 is 0. The number of amides is 4. The molecule has 2 rings (SSSR count). The molecule has 1 aromatic carbocycles. The molecule has 7 nitrogen and oxygen atoms in total. The van der Waals surface area contributed by atoms with Gasteiger partial charge in [-0.2, -0.15) is 0 Å². The summed E-state index contributed by atoms with van der Waals surface area (Å²) in [7, 11) is 0. The van der Waals surface area contributed by atoms with Crippen molar-refractivity contribution in [1.29, 1.82) is 0 Å². The van der Waals surface area contributed by atoms with Gasteiger partial charge < -0.3 is 15.7 Å². The van der Waals surface area contributed by atoms with Crippen molar-refractivity contribution in [2.75, 3.05) is 13.2 Å². The average molecular weight is 361 g/mol. The smallest absolute Gasteiger partial charge is 0.324 e. The van der Waals surface area contributed by atoms with Crippen LogP contribution >= 0.6 is 0 Å². The first-order valence-corrected chi connectivity index (χ1v) is 8.98. The number of rotatable bonds is 9. The molecule has 2 atom stereocenters. The Kier molecular flexibility index (Phi) is 7.15. The normalized spacial score (nSPS) is 18.2. The molecule has 3 N–H and O–H groups in total. The first-order chi connectivity index (χ1) is 12.4. The molecule has 0 aromatic heterocycles. The molecule has 1 heterocycles. The first kappa shape index (κ1) is 19.9. The molecule has 1 aromatic rings. The van der Waals surface area contributed by atoms with E-state index in [2.05, 4.69) is 10.6 Å². The van der Waals surface area contributed by atoms with Gasteiger partial charge in [0.1, 0.15) is 6.04 Å². The number of carbonyl (C=O) groups excluding carboxylic acids is 3. The standard InChI is InChI=1S/C19H27N3O4/c1-13(2)16(12-23)20-17(24)9-8-15-18(25)22(19(26)21-15)11-10-14-6-4-3-5-7-14/h3-7,13,15-16,23H,8-12H2,1-2H3,(H,20,24)(H,21,26)/t15-,16-/m1/s1. The Labute approximate surface area is 153 Å². The van der Waals surface area contributed by atoms with Crippen LogP contribution in [0.5, 0.6) is 0 Å². The van der Waals surface area contributed by atoms with Crippen molar-refractivity contribution in [3.63, 3.8) is 0 Å². The number of nitrogens with zero attached hydrogens (tertiary/aromatic N) is 1. The number of benzene rings is 1. The summed E-state index contributed by atoms with van der Waals surface area (Å²) in [5.41, 5.74) is 1.06. The summed E-state index contributed by atoms with van der Waals surface area (Å²) < 4.78 is 0. The number of imide groups is 1. The molecule has 7 heteroatoms. The highest BCUT2D eigenvalue weighted by atomic mass is 16.3. The number of hydrogen-bond donors (Lipinski definition) is 3. The van der Waals surface area contributed by atoms with Gasteiger partial charge in [0.05, 0.1) is 12.6 Å². The second kappa shape index (κ2) is 9.33. The Morgan fingerprint density at radius 1 is 1.27 bits per heavy atom. The monoisotopic (exact) mass is 361 g/mol. The summed E-state index contributed by atoms with van der Waals surface area (Å²) in [6, 6.07) is 8.26. The van der Waals surface area contributed by atoms with Crippen LogP contribution in [0.3, 0.4) is 0 Å². The van der Waals surface area contributed by atoms with Crippen LogP contribution in [0.15, 0.2) is 30.3 Å². The van der Waals surface area contributed by atoms with Gasteiger partial charge in [-0.1, -0.05) is 44.2 Å². The number of nitrogens with one attached hydrogen (secondary N) is 2. The van der Waals surface area contributed by atoms with Gasteiger partial charge in [-0.15, -0.1) is 0 Å². The minimum atomic E-state index is -0.671. The molecule has 142 valence electrons. The van der Waals surface area contributed by atoms with Crippen LogP contribution in [0, 0.1) is 5.92 Å². The van der Waals surface area contributed by atoms with Crippen LogP contribution in [-0.2, 0) is 16.0 Å². The maximum atomic E-state index is 12.4. The van der Waals surface area contributed by atoms with Crippen molar-refractivity contribution >= 4 is 17.8 Å². The zero-order valence-corrected chi connectivity index (χ0v) is 15.3. The van der Waals surface area contributed by atoms with Crippen LogP contribution in [-0.4, -0.2) is 53.1 Å². The van der Waals surface area contributed by atoms with Gasteiger partial charge in [-0.05, 0) is 24.3 Å². The molecule has 0 unspecified atom stereocenters. The fourth-order valence-corrected chi connectivity index (χ4v) is 2.85. The SMILES string of the molecule is CC(C)[C@@H](CO)NC(=O)CC[C@H]1NC(=O)N(CCc2ccccc2)C1=O. The second-order valence-electron chi connectivity index (χ2n) is 6.87. The first-order valence-electron chi connectivity index (χ1n) is 8.98. The molecule has 0 bridgehead atoms. The van der Waals surface area contributed by atoms with Gasteiger partial charge in [0, 0.05) is 13.0 Å². The van der Waals surface area contributed by atoms with E-state index in [0.29, 0.717) is 13.0 Å². The summed E-state index contributed by atoms with van der Waals surface area (Å²) in [5.74, 6) is -0.408. The third-order valence-corrected chi connectivity index (χ3v) is 4.58. The van der Waals surface area contributed by atoms with Crippen LogP contribution < -0.4 is 10.6 Å². The fraction of sp³-hybridized carbons (Fsp3) is 0.526. The largest absolute Gasteiger partial charge is 0.394 e. The van der Waals surface area contributed by atoms with Gasteiger partial charge in [0.25, 0.3) is 5.91 Å². The highest BCUT2D eigenvalue weighted by Gasteiger charge is 2.37. The third-order valence-electron chi connectivity index (χ3n) is 4.58. The molecule has 0 saturated carbocycles. The van der Waals surface area contributed by atoms with E-state index in [9.17, 15) is 19.5 Å². The topological polar surface area (TPSA) is 98.7 Å². The van der Waals surface area contributed by atoms with Gasteiger partial charge in [0.2, 0.25) is 5.91 Å². The number of aliphatic hydroxyl groups excluding tert-OH is 1. The maximum Gasteiger partial charge on any atom is 0.324 e. The molecule has 1 aliphatic rings. The molecule has 0 spiro atoms. The van der Waals surface area contributed by atoms with E-state index in [-0.39, 0.29) is 43.2 Å². The lowest BCUT2D eigenvalue weighted by atomic mass is 10.0. The minimum Gasteiger partial charge on any atom is -0.394 e. The van der Waals surface area contributed by atoms with Gasteiger partial charge >= 0.3 is 6.03 Å². The van der Waals surface area contributed by atoms with Gasteiger partial charge in [0.15, 0.2) is 0 Å². The molecular weight excluding hydrogens is 334 g/mol. The fourth-order valence-electron chi connectivity index (χ4n) is 2.85. The Bertz CT molecular complexity index is 633. The van der Waals surface area contributed by atoms with E-state index in [0.717, 1.165) is 5.56 Å². The van der Waals surface area contributed by atoms with Crippen LogP contribution in [0.1, 0.15) is 32.3 Å². The highest BCUT2D eigenvalue weighted by Crippen LogP contribution is 2.13. The number of hydrogen-bond acceptors (Lipinski definition) is 4. The zero-order valence-electron chi connectivity index (χ0n) is 15.3. The predicted molar refractivity (Wildman–Crippen MR) is 97.3 cm³/mol. The van der Waals surface area contributed by atoms with E-state index in [1.165, 1.54) is 4.90 Å². The highest BCUT2D eigenvalue weighted by molar-refractivity contribution is 6.04. The van der Waals surface area contributed by atoms with Crippen molar-refractivity contribution in [3.8, 4) is 0 Å². The Morgan fingerprint density at radius 3 is 2.58 bits per heavy atom. The van der Waals surface area contributed by atoms with Crippen LogP contribution in [0.4, 0.5) is 4.79 Å². The van der Waals surface area contributed by atoms with Crippen molar-refractivity contribution in [2.45, 2.75) is 45.2 Å². The second-order valence-corrected chi connectivity index (χ2v) is 6.87. The molecule has 26 heavy (non-hydrogen) atoms. The van der Waals surface area contributed by atoms with Crippen molar-refractivity contribution < 1.29 is 19.5 Å². The molecule has 0 aliphatic carbocycles. The lowest BCUT2D eigenvalue weighted by Crippen LogP contribution is -2.42. The van der Waals surface area contributed by atoms with E-state index in [4.69, 9.17) is 0 Å². The predicted octanol–water partition coefficient (Wildman–Crippen LogP) is 1.06. The van der Waals surface area contributed by atoms with E-state index < -0.39 is 12.1 Å². The van der Waals surface area contributed by atoms with Crippen molar-refractivity contribution in [3.05, 3.63) is 35.9 Å². The molecule has 0 radical (unpaired) electrons.